The van der Waals surface area contributed by atoms with Crippen molar-refractivity contribution in [1.82, 2.24) is 9.97 Å². The Hall–Kier alpha value is -1.42. The fourth-order valence-electron chi connectivity index (χ4n) is 2.20. The maximum atomic E-state index is 6.26. The predicted octanol–water partition coefficient (Wildman–Crippen LogP) is 1.95. The Morgan fingerprint density at radius 3 is 2.87 bits per heavy atom. The Morgan fingerprint density at radius 1 is 1.33 bits per heavy atom. The van der Waals surface area contributed by atoms with Crippen LogP contribution in [0, 0.1) is 0 Å². The molecule has 2 aromatic rings. The third-order valence-corrected chi connectivity index (χ3v) is 3.09. The van der Waals surface area contributed by atoms with Crippen molar-refractivity contribution in [3.63, 3.8) is 0 Å². The summed E-state index contributed by atoms with van der Waals surface area (Å²) in [4.78, 5) is 8.51. The number of aromatic nitrogens is 2. The van der Waals surface area contributed by atoms with Gasteiger partial charge in [-0.05, 0) is 25.0 Å². The maximum absolute atomic E-state index is 6.26. The average molecular weight is 203 g/mol. The maximum Gasteiger partial charge on any atom is 0.217 e. The third kappa shape index (κ3) is 1.33. The van der Waals surface area contributed by atoms with E-state index in [4.69, 9.17) is 10.2 Å². The van der Waals surface area contributed by atoms with Gasteiger partial charge in [-0.2, -0.15) is 4.98 Å². The highest BCUT2D eigenvalue weighted by Crippen LogP contribution is 2.36. The lowest BCUT2D eigenvalue weighted by Gasteiger charge is -2.17. The Morgan fingerprint density at radius 2 is 2.13 bits per heavy atom. The van der Waals surface area contributed by atoms with Crippen LogP contribution in [0.2, 0.25) is 0 Å². The van der Waals surface area contributed by atoms with E-state index in [1.165, 1.54) is 0 Å². The number of rotatable bonds is 1. The summed E-state index contributed by atoms with van der Waals surface area (Å²) in [5.41, 5.74) is 7.28. The Labute approximate surface area is 87.5 Å². The highest BCUT2D eigenvalue weighted by atomic mass is 16.4. The van der Waals surface area contributed by atoms with Crippen molar-refractivity contribution in [2.24, 2.45) is 5.73 Å². The highest BCUT2D eigenvalue weighted by Gasteiger charge is 2.36. The van der Waals surface area contributed by atoms with Gasteiger partial charge in [0.15, 0.2) is 11.2 Å². The summed E-state index contributed by atoms with van der Waals surface area (Å²) in [5.74, 6) is 0.647. The van der Waals surface area contributed by atoms with Crippen LogP contribution >= 0.6 is 0 Å². The van der Waals surface area contributed by atoms with Crippen LogP contribution in [0.15, 0.2) is 22.7 Å². The molecule has 0 amide bonds. The van der Waals surface area contributed by atoms with Crippen LogP contribution in [0.1, 0.15) is 31.6 Å². The van der Waals surface area contributed by atoms with E-state index >= 15 is 0 Å². The summed E-state index contributed by atoms with van der Waals surface area (Å²) in [6.45, 7) is 0. The molecule has 2 heterocycles. The average Bonchev–Trinajstić information content (AvgIpc) is 2.84. The second-order valence-electron chi connectivity index (χ2n) is 4.21. The number of hydrogen-bond donors (Lipinski definition) is 1. The van der Waals surface area contributed by atoms with Gasteiger partial charge in [0.25, 0.3) is 0 Å². The molecule has 1 aliphatic carbocycles. The molecule has 0 spiro atoms. The monoisotopic (exact) mass is 203 g/mol. The molecule has 0 aliphatic heterocycles. The molecule has 0 bridgehead atoms. The molecule has 2 N–H and O–H groups in total. The van der Waals surface area contributed by atoms with Gasteiger partial charge >= 0.3 is 0 Å². The molecule has 1 fully saturated rings. The van der Waals surface area contributed by atoms with Crippen LogP contribution in [0.25, 0.3) is 11.2 Å². The SMILES string of the molecule is NC1(c2nc3ncccc3o2)CCCC1. The topological polar surface area (TPSA) is 64.9 Å². The first kappa shape index (κ1) is 8.85. The predicted molar refractivity (Wildman–Crippen MR) is 56.1 cm³/mol. The summed E-state index contributed by atoms with van der Waals surface area (Å²) in [5, 5.41) is 0. The zero-order valence-electron chi connectivity index (χ0n) is 8.44. The molecule has 1 aliphatic rings. The van der Waals surface area contributed by atoms with Crippen molar-refractivity contribution in [2.75, 3.05) is 0 Å². The van der Waals surface area contributed by atoms with Gasteiger partial charge in [-0.15, -0.1) is 0 Å². The minimum Gasteiger partial charge on any atom is -0.437 e. The molecular formula is C11H13N3O. The number of hydrogen-bond acceptors (Lipinski definition) is 4. The number of fused-ring (bicyclic) bond motifs is 1. The summed E-state index contributed by atoms with van der Waals surface area (Å²) >= 11 is 0. The normalized spacial score (nSPS) is 19.8. The van der Waals surface area contributed by atoms with E-state index < -0.39 is 0 Å². The van der Waals surface area contributed by atoms with Crippen LogP contribution in [0.3, 0.4) is 0 Å². The third-order valence-electron chi connectivity index (χ3n) is 3.09. The van der Waals surface area contributed by atoms with Crippen LogP contribution in [-0.4, -0.2) is 9.97 Å². The number of pyridine rings is 1. The van der Waals surface area contributed by atoms with Crippen molar-refractivity contribution in [2.45, 2.75) is 31.2 Å². The standard InChI is InChI=1S/C11H13N3O/c12-11(5-1-2-6-11)10-14-9-8(15-10)4-3-7-13-9/h3-4,7H,1-2,5-6,12H2. The molecular weight excluding hydrogens is 190 g/mol. The van der Waals surface area contributed by atoms with Crippen molar-refractivity contribution in [1.29, 1.82) is 0 Å². The smallest absolute Gasteiger partial charge is 0.217 e. The zero-order chi connectivity index (χ0) is 10.3. The Kier molecular flexibility index (Phi) is 1.79. The van der Waals surface area contributed by atoms with Gasteiger partial charge in [0.05, 0.1) is 5.54 Å². The second kappa shape index (κ2) is 3.03. The molecule has 0 aromatic carbocycles. The van der Waals surface area contributed by atoms with E-state index in [9.17, 15) is 0 Å². The molecule has 0 unspecified atom stereocenters. The van der Waals surface area contributed by atoms with Gasteiger partial charge in [0, 0.05) is 6.20 Å². The van der Waals surface area contributed by atoms with Gasteiger partial charge in [0.1, 0.15) is 0 Å². The van der Waals surface area contributed by atoms with Gasteiger partial charge in [-0.25, -0.2) is 4.98 Å². The molecule has 1 saturated carbocycles. The molecule has 15 heavy (non-hydrogen) atoms. The number of oxazole rings is 1. The van der Waals surface area contributed by atoms with Crippen LogP contribution < -0.4 is 5.73 Å². The largest absolute Gasteiger partial charge is 0.437 e. The molecule has 4 heteroatoms. The van der Waals surface area contributed by atoms with Gasteiger partial charge < -0.3 is 10.2 Å². The molecule has 0 saturated heterocycles. The van der Waals surface area contributed by atoms with E-state index in [0.717, 1.165) is 31.3 Å². The van der Waals surface area contributed by atoms with Gasteiger partial charge in [-0.1, -0.05) is 12.8 Å². The van der Waals surface area contributed by atoms with Crippen molar-refractivity contribution >= 4 is 11.2 Å². The van der Waals surface area contributed by atoms with E-state index in [1.807, 2.05) is 12.1 Å². The first-order valence-electron chi connectivity index (χ1n) is 5.29. The molecule has 0 atom stereocenters. The summed E-state index contributed by atoms with van der Waals surface area (Å²) in [7, 11) is 0. The van der Waals surface area contributed by atoms with Gasteiger partial charge in [0.2, 0.25) is 5.89 Å². The Bertz CT molecular complexity index is 452. The molecule has 4 nitrogen and oxygen atoms in total. The molecule has 0 radical (unpaired) electrons. The lowest BCUT2D eigenvalue weighted by atomic mass is 10.00. The summed E-state index contributed by atoms with van der Waals surface area (Å²) < 4.78 is 5.66. The first-order chi connectivity index (χ1) is 7.28. The van der Waals surface area contributed by atoms with Crippen molar-refractivity contribution < 1.29 is 4.42 Å². The minimum atomic E-state index is -0.360. The summed E-state index contributed by atoms with van der Waals surface area (Å²) in [6, 6.07) is 3.71. The lowest BCUT2D eigenvalue weighted by molar-refractivity contribution is 0.346. The van der Waals surface area contributed by atoms with E-state index in [1.54, 1.807) is 6.20 Å². The summed E-state index contributed by atoms with van der Waals surface area (Å²) in [6.07, 6.45) is 5.94. The second-order valence-corrected chi connectivity index (χ2v) is 4.21. The van der Waals surface area contributed by atoms with E-state index in [2.05, 4.69) is 9.97 Å². The van der Waals surface area contributed by atoms with Crippen molar-refractivity contribution in [3.8, 4) is 0 Å². The molecule has 78 valence electrons. The lowest BCUT2D eigenvalue weighted by Crippen LogP contribution is -2.33. The number of nitrogens with zero attached hydrogens (tertiary/aromatic N) is 2. The fraction of sp³-hybridized carbons (Fsp3) is 0.455. The minimum absolute atomic E-state index is 0.360. The van der Waals surface area contributed by atoms with Crippen LogP contribution in [-0.2, 0) is 5.54 Å². The number of nitrogens with two attached hydrogens (primary N) is 1. The van der Waals surface area contributed by atoms with E-state index in [0.29, 0.717) is 11.5 Å². The first-order valence-corrected chi connectivity index (χ1v) is 5.29. The van der Waals surface area contributed by atoms with E-state index in [-0.39, 0.29) is 5.54 Å². The van der Waals surface area contributed by atoms with Gasteiger partial charge in [-0.3, -0.25) is 0 Å². The quantitative estimate of drug-likeness (QED) is 0.769. The van der Waals surface area contributed by atoms with Crippen LogP contribution in [0.4, 0.5) is 0 Å². The fourth-order valence-corrected chi connectivity index (χ4v) is 2.20. The molecule has 2 aromatic heterocycles. The zero-order valence-corrected chi connectivity index (χ0v) is 8.44. The van der Waals surface area contributed by atoms with Crippen LogP contribution in [0.5, 0.6) is 0 Å². The highest BCUT2D eigenvalue weighted by molar-refractivity contribution is 5.67. The Balaban J connectivity index is 2.11. The molecule has 3 rings (SSSR count). The van der Waals surface area contributed by atoms with Crippen molar-refractivity contribution in [3.05, 3.63) is 24.2 Å².